The van der Waals surface area contributed by atoms with Gasteiger partial charge in [-0.1, -0.05) is 58.5 Å². The van der Waals surface area contributed by atoms with Gasteiger partial charge in [0.15, 0.2) is 0 Å². The normalized spacial score (nSPS) is 25.5. The lowest BCUT2D eigenvalue weighted by atomic mass is 9.83. The van der Waals surface area contributed by atoms with E-state index in [1.165, 1.54) is 44.2 Å². The van der Waals surface area contributed by atoms with Gasteiger partial charge in [-0.2, -0.15) is 0 Å². The standard InChI is InChI=1S/C15H29NO/c1-5-8-9-11-13(10-6-2)15-12(4)14(7-3)17-16-15/h12-14H,5-11H2,1-4H3. The maximum absolute atomic E-state index is 5.55. The van der Waals surface area contributed by atoms with Crippen LogP contribution in [-0.4, -0.2) is 11.8 Å². The zero-order valence-corrected chi connectivity index (χ0v) is 12.0. The minimum atomic E-state index is 0.329. The summed E-state index contributed by atoms with van der Waals surface area (Å²) in [5, 5.41) is 4.38. The first kappa shape index (κ1) is 14.5. The summed E-state index contributed by atoms with van der Waals surface area (Å²) in [6.45, 7) is 9.00. The number of nitrogens with zero attached hydrogens (tertiary/aromatic N) is 1. The molecule has 0 saturated heterocycles. The molecule has 3 unspecified atom stereocenters. The summed E-state index contributed by atoms with van der Waals surface area (Å²) in [7, 11) is 0. The summed E-state index contributed by atoms with van der Waals surface area (Å²) in [5.41, 5.74) is 1.34. The highest BCUT2D eigenvalue weighted by Gasteiger charge is 2.32. The third-order valence-corrected chi connectivity index (χ3v) is 3.93. The van der Waals surface area contributed by atoms with Gasteiger partial charge in [-0.05, 0) is 19.3 Å². The molecule has 1 rings (SSSR count). The monoisotopic (exact) mass is 239 g/mol. The Bertz CT molecular complexity index is 237. The van der Waals surface area contributed by atoms with Gasteiger partial charge in [-0.15, -0.1) is 0 Å². The topological polar surface area (TPSA) is 21.6 Å². The predicted molar refractivity (Wildman–Crippen MR) is 74.3 cm³/mol. The maximum Gasteiger partial charge on any atom is 0.135 e. The second kappa shape index (κ2) is 7.73. The van der Waals surface area contributed by atoms with E-state index in [2.05, 4.69) is 32.9 Å². The summed E-state index contributed by atoms with van der Waals surface area (Å²) >= 11 is 0. The van der Waals surface area contributed by atoms with Crippen LogP contribution in [0.1, 0.15) is 72.6 Å². The molecule has 0 aromatic heterocycles. The van der Waals surface area contributed by atoms with Gasteiger partial charge in [-0.3, -0.25) is 0 Å². The third-order valence-electron chi connectivity index (χ3n) is 3.93. The summed E-state index contributed by atoms with van der Waals surface area (Å²) in [5.74, 6) is 1.19. The lowest BCUT2D eigenvalue weighted by molar-refractivity contribution is 0.0630. The molecule has 1 aliphatic rings. The molecule has 0 amide bonds. The molecule has 1 aliphatic heterocycles. The van der Waals surface area contributed by atoms with Crippen molar-refractivity contribution in [2.45, 2.75) is 78.7 Å². The highest BCUT2D eigenvalue weighted by molar-refractivity contribution is 5.89. The van der Waals surface area contributed by atoms with Crippen LogP contribution < -0.4 is 0 Å². The number of hydrogen-bond acceptors (Lipinski definition) is 2. The first-order chi connectivity index (χ1) is 8.24. The number of oxime groups is 1. The molecular weight excluding hydrogens is 210 g/mol. The average molecular weight is 239 g/mol. The second-order valence-corrected chi connectivity index (χ2v) is 5.34. The summed E-state index contributed by atoms with van der Waals surface area (Å²) in [6.07, 6.45) is 9.20. The lowest BCUT2D eigenvalue weighted by Crippen LogP contribution is -2.25. The van der Waals surface area contributed by atoms with Crippen molar-refractivity contribution in [1.29, 1.82) is 0 Å². The summed E-state index contributed by atoms with van der Waals surface area (Å²) in [4.78, 5) is 5.55. The van der Waals surface area contributed by atoms with Crippen LogP contribution in [0.5, 0.6) is 0 Å². The van der Waals surface area contributed by atoms with Gasteiger partial charge in [0, 0.05) is 11.8 Å². The van der Waals surface area contributed by atoms with E-state index in [4.69, 9.17) is 4.84 Å². The van der Waals surface area contributed by atoms with E-state index in [1.807, 2.05) is 0 Å². The molecule has 0 spiro atoms. The summed E-state index contributed by atoms with van der Waals surface area (Å²) < 4.78 is 0. The fraction of sp³-hybridized carbons (Fsp3) is 0.933. The Kier molecular flexibility index (Phi) is 6.61. The van der Waals surface area contributed by atoms with Gasteiger partial charge in [0.2, 0.25) is 0 Å². The summed E-state index contributed by atoms with van der Waals surface area (Å²) in [6, 6.07) is 0. The Balaban J connectivity index is 2.52. The Morgan fingerprint density at radius 2 is 1.88 bits per heavy atom. The molecule has 0 aromatic carbocycles. The predicted octanol–water partition coefficient (Wildman–Crippen LogP) is 4.78. The molecule has 0 aromatic rings. The Morgan fingerprint density at radius 3 is 2.41 bits per heavy atom. The van der Waals surface area contributed by atoms with Crippen molar-refractivity contribution in [1.82, 2.24) is 0 Å². The molecule has 100 valence electrons. The highest BCUT2D eigenvalue weighted by atomic mass is 16.6. The number of rotatable bonds is 8. The van der Waals surface area contributed by atoms with E-state index in [-0.39, 0.29) is 0 Å². The van der Waals surface area contributed by atoms with Crippen molar-refractivity contribution in [3.05, 3.63) is 0 Å². The molecular formula is C15H29NO. The van der Waals surface area contributed by atoms with Gasteiger partial charge >= 0.3 is 0 Å². The molecule has 17 heavy (non-hydrogen) atoms. The molecule has 0 N–H and O–H groups in total. The number of unbranched alkanes of at least 4 members (excludes halogenated alkanes) is 2. The minimum absolute atomic E-state index is 0.329. The van der Waals surface area contributed by atoms with Crippen LogP contribution in [0.4, 0.5) is 0 Å². The third kappa shape index (κ3) is 4.01. The zero-order valence-electron chi connectivity index (χ0n) is 12.0. The highest BCUT2D eigenvalue weighted by Crippen LogP contribution is 2.29. The second-order valence-electron chi connectivity index (χ2n) is 5.34. The molecule has 0 aliphatic carbocycles. The van der Waals surface area contributed by atoms with E-state index in [0.717, 1.165) is 6.42 Å². The molecule has 0 radical (unpaired) electrons. The van der Waals surface area contributed by atoms with Crippen LogP contribution in [0.3, 0.4) is 0 Å². The van der Waals surface area contributed by atoms with Crippen LogP contribution in [0.25, 0.3) is 0 Å². The van der Waals surface area contributed by atoms with E-state index in [1.54, 1.807) is 0 Å². The zero-order chi connectivity index (χ0) is 12.7. The van der Waals surface area contributed by atoms with Crippen molar-refractivity contribution in [2.75, 3.05) is 0 Å². The lowest BCUT2D eigenvalue weighted by Gasteiger charge is -2.19. The average Bonchev–Trinajstić information content (AvgIpc) is 2.69. The van der Waals surface area contributed by atoms with Crippen molar-refractivity contribution < 1.29 is 4.84 Å². The largest absolute Gasteiger partial charge is 0.392 e. The molecule has 2 nitrogen and oxygen atoms in total. The van der Waals surface area contributed by atoms with E-state index in [0.29, 0.717) is 17.9 Å². The molecule has 2 heteroatoms. The Morgan fingerprint density at radius 1 is 1.12 bits per heavy atom. The molecule has 3 atom stereocenters. The molecule has 1 heterocycles. The smallest absolute Gasteiger partial charge is 0.135 e. The van der Waals surface area contributed by atoms with Crippen LogP contribution in [0.2, 0.25) is 0 Å². The van der Waals surface area contributed by atoms with Gasteiger partial charge in [-0.25, -0.2) is 0 Å². The SMILES string of the molecule is CCCCCC(CCC)C1=NOC(CC)C1C. The van der Waals surface area contributed by atoms with Crippen molar-refractivity contribution in [2.24, 2.45) is 17.0 Å². The van der Waals surface area contributed by atoms with Crippen LogP contribution in [0.15, 0.2) is 5.16 Å². The van der Waals surface area contributed by atoms with Gasteiger partial charge < -0.3 is 4.84 Å². The van der Waals surface area contributed by atoms with E-state index in [9.17, 15) is 0 Å². The van der Waals surface area contributed by atoms with Crippen molar-refractivity contribution in [3.63, 3.8) is 0 Å². The van der Waals surface area contributed by atoms with Crippen molar-refractivity contribution >= 4 is 5.71 Å². The Labute approximate surface area is 107 Å². The Hall–Kier alpha value is -0.530. The molecule has 0 saturated carbocycles. The van der Waals surface area contributed by atoms with Crippen LogP contribution in [0, 0.1) is 11.8 Å². The van der Waals surface area contributed by atoms with Gasteiger partial charge in [0.1, 0.15) is 6.10 Å². The first-order valence-corrected chi connectivity index (χ1v) is 7.48. The minimum Gasteiger partial charge on any atom is -0.392 e. The maximum atomic E-state index is 5.55. The van der Waals surface area contributed by atoms with Crippen LogP contribution in [-0.2, 0) is 4.84 Å². The fourth-order valence-corrected chi connectivity index (χ4v) is 2.80. The molecule has 0 fully saturated rings. The van der Waals surface area contributed by atoms with Gasteiger partial charge in [0.25, 0.3) is 0 Å². The van der Waals surface area contributed by atoms with E-state index >= 15 is 0 Å². The van der Waals surface area contributed by atoms with Gasteiger partial charge in [0.05, 0.1) is 5.71 Å². The quantitative estimate of drug-likeness (QED) is 0.558. The number of hydrogen-bond donors (Lipinski definition) is 0. The fourth-order valence-electron chi connectivity index (χ4n) is 2.80. The van der Waals surface area contributed by atoms with E-state index < -0.39 is 0 Å². The molecule has 0 bridgehead atoms. The van der Waals surface area contributed by atoms with Crippen LogP contribution >= 0.6 is 0 Å². The first-order valence-electron chi connectivity index (χ1n) is 7.48. The van der Waals surface area contributed by atoms with Crippen molar-refractivity contribution in [3.8, 4) is 0 Å².